The van der Waals surface area contributed by atoms with E-state index in [2.05, 4.69) is 4.98 Å². The quantitative estimate of drug-likeness (QED) is 0.641. The van der Waals surface area contributed by atoms with Gasteiger partial charge in [0.05, 0.1) is 18.2 Å². The van der Waals surface area contributed by atoms with Crippen LogP contribution in [0.4, 0.5) is 5.69 Å². The predicted molar refractivity (Wildman–Crippen MR) is 54.4 cm³/mol. The molecule has 0 aliphatic heterocycles. The summed E-state index contributed by atoms with van der Waals surface area (Å²) in [5.41, 5.74) is 6.10. The number of aromatic nitrogens is 1. The Balaban J connectivity index is 2.64. The molecule has 1 atom stereocenters. The summed E-state index contributed by atoms with van der Waals surface area (Å²) in [6, 6.07) is 0.688. The van der Waals surface area contributed by atoms with Gasteiger partial charge < -0.3 is 20.7 Å². The van der Waals surface area contributed by atoms with Gasteiger partial charge in [-0.3, -0.25) is 9.59 Å². The first-order chi connectivity index (χ1) is 7.02. The highest BCUT2D eigenvalue weighted by Gasteiger charge is 2.21. The molecule has 1 aromatic heterocycles. The third-order valence-corrected chi connectivity index (χ3v) is 2.01. The van der Waals surface area contributed by atoms with Crippen LogP contribution in [0.3, 0.4) is 0 Å². The van der Waals surface area contributed by atoms with Crippen molar-refractivity contribution in [2.24, 2.45) is 5.73 Å². The Morgan fingerprint density at radius 1 is 1.67 bits per heavy atom. The summed E-state index contributed by atoms with van der Waals surface area (Å²) >= 11 is 0. The van der Waals surface area contributed by atoms with Gasteiger partial charge in [0.2, 0.25) is 5.91 Å². The number of carbonyl (C=O) groups excluding carboxylic acids is 1. The fourth-order valence-corrected chi connectivity index (χ4v) is 1.18. The smallest absolute Gasteiger partial charge is 0.305 e. The summed E-state index contributed by atoms with van der Waals surface area (Å²) < 4.78 is 0. The molecule has 0 spiro atoms. The molecule has 1 unspecified atom stereocenters. The number of likely N-dealkylation sites (N-methyl/N-ethyl adjacent to an activating group) is 1. The lowest BCUT2D eigenvalue weighted by atomic mass is 10.2. The van der Waals surface area contributed by atoms with Gasteiger partial charge in [-0.1, -0.05) is 0 Å². The van der Waals surface area contributed by atoms with E-state index in [0.717, 1.165) is 0 Å². The number of carboxylic acids is 1. The van der Waals surface area contributed by atoms with E-state index in [4.69, 9.17) is 10.8 Å². The molecular formula is C9H13N3O3. The molecule has 4 N–H and O–H groups in total. The van der Waals surface area contributed by atoms with Crippen LogP contribution in [-0.2, 0) is 9.59 Å². The van der Waals surface area contributed by atoms with Gasteiger partial charge in [-0.05, 0) is 6.07 Å². The van der Waals surface area contributed by atoms with Crippen LogP contribution in [0.25, 0.3) is 0 Å². The van der Waals surface area contributed by atoms with Crippen LogP contribution in [0.15, 0.2) is 18.5 Å². The Morgan fingerprint density at radius 3 is 2.80 bits per heavy atom. The van der Waals surface area contributed by atoms with Crippen LogP contribution in [0, 0.1) is 0 Å². The number of carbonyl (C=O) groups is 2. The molecule has 1 heterocycles. The molecule has 1 rings (SSSR count). The number of rotatable bonds is 4. The van der Waals surface area contributed by atoms with Gasteiger partial charge in [-0.25, -0.2) is 0 Å². The molecule has 0 radical (unpaired) electrons. The fourth-order valence-electron chi connectivity index (χ4n) is 1.18. The van der Waals surface area contributed by atoms with Crippen molar-refractivity contribution in [3.05, 3.63) is 18.5 Å². The van der Waals surface area contributed by atoms with E-state index in [-0.39, 0.29) is 6.42 Å². The normalized spacial score (nSPS) is 12.1. The van der Waals surface area contributed by atoms with Crippen LogP contribution in [0.5, 0.6) is 0 Å². The Kier molecular flexibility index (Phi) is 3.46. The van der Waals surface area contributed by atoms with Crippen LogP contribution in [0.2, 0.25) is 0 Å². The second-order valence-electron chi connectivity index (χ2n) is 3.17. The Bertz CT molecular complexity index is 347. The highest BCUT2D eigenvalue weighted by atomic mass is 16.4. The first-order valence-electron chi connectivity index (χ1n) is 4.40. The minimum absolute atomic E-state index is 0.367. The number of H-pyrrole nitrogens is 1. The van der Waals surface area contributed by atoms with Gasteiger partial charge >= 0.3 is 5.97 Å². The maximum atomic E-state index is 11.6. The van der Waals surface area contributed by atoms with Crippen LogP contribution in [-0.4, -0.2) is 35.1 Å². The highest BCUT2D eigenvalue weighted by Crippen LogP contribution is 2.11. The molecule has 1 amide bonds. The Morgan fingerprint density at radius 2 is 2.33 bits per heavy atom. The summed E-state index contributed by atoms with van der Waals surface area (Å²) in [4.78, 5) is 26.1. The average Bonchev–Trinajstić information content (AvgIpc) is 2.67. The molecule has 15 heavy (non-hydrogen) atoms. The SMILES string of the molecule is CN(C(=O)C(N)CC(=O)O)c1cc[nH]c1. The Hall–Kier alpha value is -1.82. The molecule has 0 saturated heterocycles. The average molecular weight is 211 g/mol. The monoisotopic (exact) mass is 211 g/mol. The zero-order valence-electron chi connectivity index (χ0n) is 8.30. The van der Waals surface area contributed by atoms with Crippen molar-refractivity contribution in [2.45, 2.75) is 12.5 Å². The molecular weight excluding hydrogens is 198 g/mol. The van der Waals surface area contributed by atoms with Crippen molar-refractivity contribution in [1.29, 1.82) is 0 Å². The zero-order chi connectivity index (χ0) is 11.4. The third-order valence-electron chi connectivity index (χ3n) is 2.01. The van der Waals surface area contributed by atoms with Crippen molar-refractivity contribution in [2.75, 3.05) is 11.9 Å². The molecule has 0 aliphatic rings. The molecule has 0 aromatic carbocycles. The van der Waals surface area contributed by atoms with E-state index in [1.165, 1.54) is 4.90 Å². The highest BCUT2D eigenvalue weighted by molar-refractivity contribution is 5.98. The number of carboxylic acid groups (broad SMARTS) is 1. The number of aromatic amines is 1. The van der Waals surface area contributed by atoms with Crippen molar-refractivity contribution < 1.29 is 14.7 Å². The molecule has 0 aliphatic carbocycles. The van der Waals surface area contributed by atoms with Gasteiger partial charge in [0.1, 0.15) is 0 Å². The summed E-state index contributed by atoms with van der Waals surface area (Å²) in [5.74, 6) is -1.50. The molecule has 0 bridgehead atoms. The van der Waals surface area contributed by atoms with E-state index in [1.54, 1.807) is 25.5 Å². The minimum atomic E-state index is -1.08. The number of hydrogen-bond acceptors (Lipinski definition) is 3. The van der Waals surface area contributed by atoms with Crippen LogP contribution >= 0.6 is 0 Å². The minimum Gasteiger partial charge on any atom is -0.481 e. The fraction of sp³-hybridized carbons (Fsp3) is 0.333. The first-order valence-corrected chi connectivity index (χ1v) is 4.40. The number of nitrogens with one attached hydrogen (secondary N) is 1. The second-order valence-corrected chi connectivity index (χ2v) is 3.17. The van der Waals surface area contributed by atoms with Crippen LogP contribution in [0.1, 0.15) is 6.42 Å². The number of nitrogens with zero attached hydrogens (tertiary/aromatic N) is 1. The summed E-state index contributed by atoms with van der Waals surface area (Å²) in [6.45, 7) is 0. The van der Waals surface area contributed by atoms with Gasteiger partial charge in [-0.2, -0.15) is 0 Å². The lowest BCUT2D eigenvalue weighted by molar-refractivity contribution is -0.139. The number of aliphatic carboxylic acids is 1. The lowest BCUT2D eigenvalue weighted by Crippen LogP contribution is -2.43. The van der Waals surface area contributed by atoms with Crippen LogP contribution < -0.4 is 10.6 Å². The van der Waals surface area contributed by atoms with Crippen molar-refractivity contribution in [1.82, 2.24) is 4.98 Å². The molecule has 6 nitrogen and oxygen atoms in total. The van der Waals surface area contributed by atoms with E-state index in [0.29, 0.717) is 5.69 Å². The van der Waals surface area contributed by atoms with Gasteiger partial charge in [-0.15, -0.1) is 0 Å². The molecule has 6 heteroatoms. The van der Waals surface area contributed by atoms with Crippen molar-refractivity contribution in [3.8, 4) is 0 Å². The number of anilines is 1. The first kappa shape index (κ1) is 11.3. The maximum absolute atomic E-state index is 11.6. The van der Waals surface area contributed by atoms with Crippen molar-refractivity contribution >= 4 is 17.6 Å². The molecule has 0 fully saturated rings. The number of amides is 1. The van der Waals surface area contributed by atoms with E-state index < -0.39 is 17.9 Å². The lowest BCUT2D eigenvalue weighted by Gasteiger charge is -2.18. The second kappa shape index (κ2) is 4.61. The summed E-state index contributed by atoms with van der Waals surface area (Å²) in [5, 5.41) is 8.49. The number of hydrogen-bond donors (Lipinski definition) is 3. The summed E-state index contributed by atoms with van der Waals surface area (Å²) in [7, 11) is 1.55. The zero-order valence-corrected chi connectivity index (χ0v) is 8.30. The van der Waals surface area contributed by atoms with Gasteiger partial charge in [0.15, 0.2) is 0 Å². The maximum Gasteiger partial charge on any atom is 0.305 e. The van der Waals surface area contributed by atoms with Crippen molar-refractivity contribution in [3.63, 3.8) is 0 Å². The van der Waals surface area contributed by atoms with E-state index >= 15 is 0 Å². The van der Waals surface area contributed by atoms with E-state index in [1.807, 2.05) is 0 Å². The molecule has 82 valence electrons. The topological polar surface area (TPSA) is 99.4 Å². The summed E-state index contributed by atoms with van der Waals surface area (Å²) in [6.07, 6.45) is 2.93. The Labute approximate surface area is 86.7 Å². The molecule has 0 saturated carbocycles. The largest absolute Gasteiger partial charge is 0.481 e. The third kappa shape index (κ3) is 2.81. The van der Waals surface area contributed by atoms with Gasteiger partial charge in [0.25, 0.3) is 0 Å². The van der Waals surface area contributed by atoms with Gasteiger partial charge in [0, 0.05) is 19.4 Å². The predicted octanol–water partition coefficient (Wildman–Crippen LogP) is -0.221. The molecule has 1 aromatic rings. The van der Waals surface area contributed by atoms with E-state index in [9.17, 15) is 9.59 Å². The number of nitrogens with two attached hydrogens (primary N) is 1. The standard InChI is InChI=1S/C9H13N3O3/c1-12(6-2-3-11-5-6)9(15)7(10)4-8(13)14/h2-3,5,7,11H,4,10H2,1H3,(H,13,14).